The SMILES string of the molecule is CC(C)NCC1CCN(S(=O)(=O)N(C)CC2CC2)CC1. The van der Waals surface area contributed by atoms with Crippen molar-refractivity contribution < 1.29 is 8.42 Å². The Morgan fingerprint density at radius 3 is 2.25 bits per heavy atom. The largest absolute Gasteiger partial charge is 0.314 e. The molecule has 0 bridgehead atoms. The van der Waals surface area contributed by atoms with E-state index in [0.717, 1.165) is 19.4 Å². The van der Waals surface area contributed by atoms with Gasteiger partial charge in [-0.1, -0.05) is 13.8 Å². The monoisotopic (exact) mass is 303 g/mol. The smallest absolute Gasteiger partial charge is 0.281 e. The van der Waals surface area contributed by atoms with E-state index in [1.807, 2.05) is 0 Å². The first-order valence-electron chi connectivity index (χ1n) is 7.84. The summed E-state index contributed by atoms with van der Waals surface area (Å²) in [7, 11) is -1.50. The summed E-state index contributed by atoms with van der Waals surface area (Å²) in [6, 6.07) is 0.501. The Balaban J connectivity index is 1.79. The van der Waals surface area contributed by atoms with Crippen LogP contribution in [-0.2, 0) is 10.2 Å². The number of nitrogens with one attached hydrogen (secondary N) is 1. The summed E-state index contributed by atoms with van der Waals surface area (Å²) in [5, 5.41) is 3.45. The molecule has 0 radical (unpaired) electrons. The Hall–Kier alpha value is -0.170. The first-order valence-corrected chi connectivity index (χ1v) is 9.24. The highest BCUT2D eigenvalue weighted by atomic mass is 32.2. The fourth-order valence-electron chi connectivity index (χ4n) is 2.70. The molecule has 1 aliphatic carbocycles. The Morgan fingerprint density at radius 2 is 1.75 bits per heavy atom. The van der Waals surface area contributed by atoms with Gasteiger partial charge in [0.25, 0.3) is 10.2 Å². The van der Waals surface area contributed by atoms with Gasteiger partial charge in [-0.15, -0.1) is 0 Å². The van der Waals surface area contributed by atoms with E-state index in [4.69, 9.17) is 0 Å². The molecule has 0 aromatic carbocycles. The molecular formula is C14H29N3O2S. The normalized spacial score (nSPS) is 22.9. The molecule has 1 N–H and O–H groups in total. The number of hydrogen-bond donors (Lipinski definition) is 1. The van der Waals surface area contributed by atoms with E-state index >= 15 is 0 Å². The minimum Gasteiger partial charge on any atom is -0.314 e. The molecule has 0 unspecified atom stereocenters. The Morgan fingerprint density at radius 1 is 1.15 bits per heavy atom. The Labute approximate surface area is 123 Å². The highest BCUT2D eigenvalue weighted by molar-refractivity contribution is 7.86. The lowest BCUT2D eigenvalue weighted by atomic mass is 9.98. The van der Waals surface area contributed by atoms with Crippen molar-refractivity contribution in [1.82, 2.24) is 13.9 Å². The second kappa shape index (κ2) is 6.73. The highest BCUT2D eigenvalue weighted by Gasteiger charge is 2.34. The van der Waals surface area contributed by atoms with E-state index in [1.165, 1.54) is 12.8 Å². The van der Waals surface area contributed by atoms with Crippen LogP contribution in [0.4, 0.5) is 0 Å². The molecule has 20 heavy (non-hydrogen) atoms. The maximum absolute atomic E-state index is 12.5. The predicted octanol–water partition coefficient (Wildman–Crippen LogP) is 1.28. The van der Waals surface area contributed by atoms with Gasteiger partial charge in [0.15, 0.2) is 0 Å². The minimum atomic E-state index is -3.23. The van der Waals surface area contributed by atoms with Crippen molar-refractivity contribution >= 4 is 10.2 Å². The summed E-state index contributed by atoms with van der Waals surface area (Å²) < 4.78 is 28.1. The number of nitrogens with zero attached hydrogens (tertiary/aromatic N) is 2. The van der Waals surface area contributed by atoms with Crippen LogP contribution in [0.25, 0.3) is 0 Å². The van der Waals surface area contributed by atoms with Crippen molar-refractivity contribution in [2.24, 2.45) is 11.8 Å². The van der Waals surface area contributed by atoms with E-state index in [0.29, 0.717) is 37.5 Å². The van der Waals surface area contributed by atoms with Gasteiger partial charge in [-0.05, 0) is 44.1 Å². The Bertz CT molecular complexity index is 399. The van der Waals surface area contributed by atoms with Crippen molar-refractivity contribution in [3.8, 4) is 0 Å². The third kappa shape index (κ3) is 4.41. The van der Waals surface area contributed by atoms with Crippen molar-refractivity contribution in [2.75, 3.05) is 33.2 Å². The van der Waals surface area contributed by atoms with Gasteiger partial charge in [0, 0.05) is 32.7 Å². The van der Waals surface area contributed by atoms with Gasteiger partial charge in [-0.25, -0.2) is 0 Å². The average Bonchev–Trinajstić information content (AvgIpc) is 3.20. The molecule has 0 aromatic heterocycles. The zero-order valence-electron chi connectivity index (χ0n) is 13.0. The zero-order chi connectivity index (χ0) is 14.8. The topological polar surface area (TPSA) is 52.7 Å². The molecule has 2 rings (SSSR count). The highest BCUT2D eigenvalue weighted by Crippen LogP contribution is 2.31. The lowest BCUT2D eigenvalue weighted by molar-refractivity contribution is 0.250. The number of hydrogen-bond acceptors (Lipinski definition) is 3. The second-order valence-electron chi connectivity index (χ2n) is 6.64. The van der Waals surface area contributed by atoms with Crippen molar-refractivity contribution in [2.45, 2.75) is 45.6 Å². The quantitative estimate of drug-likeness (QED) is 0.771. The van der Waals surface area contributed by atoms with Crippen LogP contribution < -0.4 is 5.32 Å². The van der Waals surface area contributed by atoms with E-state index in [-0.39, 0.29) is 0 Å². The van der Waals surface area contributed by atoms with E-state index < -0.39 is 10.2 Å². The standard InChI is InChI=1S/C14H29N3O2S/c1-12(2)15-10-13-6-8-17(9-7-13)20(18,19)16(3)11-14-4-5-14/h12-15H,4-11H2,1-3H3. The summed E-state index contributed by atoms with van der Waals surface area (Å²) in [6.07, 6.45) is 4.30. The van der Waals surface area contributed by atoms with Crippen LogP contribution in [0.3, 0.4) is 0 Å². The van der Waals surface area contributed by atoms with Gasteiger partial charge in [0.2, 0.25) is 0 Å². The molecule has 1 aliphatic heterocycles. The van der Waals surface area contributed by atoms with Gasteiger partial charge in [0.1, 0.15) is 0 Å². The third-order valence-corrected chi connectivity index (χ3v) is 6.28. The van der Waals surface area contributed by atoms with Crippen LogP contribution in [0.5, 0.6) is 0 Å². The number of rotatable bonds is 7. The summed E-state index contributed by atoms with van der Waals surface area (Å²) >= 11 is 0. The lowest BCUT2D eigenvalue weighted by Crippen LogP contribution is -2.47. The van der Waals surface area contributed by atoms with Gasteiger partial charge in [-0.3, -0.25) is 0 Å². The van der Waals surface area contributed by atoms with Crippen molar-refractivity contribution in [1.29, 1.82) is 0 Å². The molecule has 6 heteroatoms. The molecule has 5 nitrogen and oxygen atoms in total. The predicted molar refractivity (Wildman–Crippen MR) is 81.7 cm³/mol. The average molecular weight is 303 g/mol. The molecule has 0 spiro atoms. The molecule has 0 aromatic rings. The number of piperidine rings is 1. The molecule has 1 saturated carbocycles. The first kappa shape index (κ1) is 16.2. The molecule has 2 aliphatic rings. The van der Waals surface area contributed by atoms with Crippen LogP contribution in [-0.4, -0.2) is 56.3 Å². The van der Waals surface area contributed by atoms with Gasteiger partial charge in [-0.2, -0.15) is 17.0 Å². The second-order valence-corrected chi connectivity index (χ2v) is 8.67. The first-order chi connectivity index (χ1) is 9.39. The fraction of sp³-hybridized carbons (Fsp3) is 1.00. The van der Waals surface area contributed by atoms with Gasteiger partial charge < -0.3 is 5.32 Å². The molecule has 0 amide bonds. The van der Waals surface area contributed by atoms with E-state index in [2.05, 4.69) is 19.2 Å². The summed E-state index contributed by atoms with van der Waals surface area (Å²) in [6.45, 7) is 7.32. The van der Waals surface area contributed by atoms with E-state index in [1.54, 1.807) is 15.7 Å². The van der Waals surface area contributed by atoms with Gasteiger partial charge >= 0.3 is 0 Å². The molecule has 118 valence electrons. The van der Waals surface area contributed by atoms with Crippen LogP contribution in [0.15, 0.2) is 0 Å². The van der Waals surface area contributed by atoms with Crippen LogP contribution in [0.1, 0.15) is 39.5 Å². The van der Waals surface area contributed by atoms with Crippen LogP contribution >= 0.6 is 0 Å². The lowest BCUT2D eigenvalue weighted by Gasteiger charge is -2.34. The fourth-order valence-corrected chi connectivity index (χ4v) is 4.17. The van der Waals surface area contributed by atoms with Gasteiger partial charge in [0.05, 0.1) is 0 Å². The summed E-state index contributed by atoms with van der Waals surface area (Å²) in [4.78, 5) is 0. The third-order valence-electron chi connectivity index (χ3n) is 4.32. The molecule has 1 heterocycles. The van der Waals surface area contributed by atoms with Crippen molar-refractivity contribution in [3.05, 3.63) is 0 Å². The van der Waals surface area contributed by atoms with Crippen LogP contribution in [0, 0.1) is 11.8 Å². The summed E-state index contributed by atoms with van der Waals surface area (Å²) in [5.41, 5.74) is 0. The maximum Gasteiger partial charge on any atom is 0.281 e. The summed E-state index contributed by atoms with van der Waals surface area (Å²) in [5.74, 6) is 1.21. The maximum atomic E-state index is 12.5. The van der Waals surface area contributed by atoms with E-state index in [9.17, 15) is 8.42 Å². The molecular weight excluding hydrogens is 274 g/mol. The molecule has 1 saturated heterocycles. The Kier molecular flexibility index (Phi) is 5.45. The minimum absolute atomic E-state index is 0.501. The van der Waals surface area contributed by atoms with Crippen molar-refractivity contribution in [3.63, 3.8) is 0 Å². The molecule has 0 atom stereocenters. The zero-order valence-corrected chi connectivity index (χ0v) is 13.8. The van der Waals surface area contributed by atoms with Crippen LogP contribution in [0.2, 0.25) is 0 Å². The molecule has 2 fully saturated rings.